The molecule has 1 aromatic heterocycles. The molecule has 1 unspecified atom stereocenters. The Morgan fingerprint density at radius 2 is 2.05 bits per heavy atom. The lowest BCUT2D eigenvalue weighted by Gasteiger charge is -2.18. The van der Waals surface area contributed by atoms with Crippen molar-refractivity contribution in [2.75, 3.05) is 7.05 Å². The Bertz CT molecular complexity index is 460. The van der Waals surface area contributed by atoms with E-state index in [2.05, 4.69) is 4.98 Å². The van der Waals surface area contributed by atoms with Crippen LogP contribution in [-0.4, -0.2) is 33.9 Å². The van der Waals surface area contributed by atoms with E-state index in [9.17, 15) is 9.59 Å². The third kappa shape index (κ3) is 5.50. The van der Waals surface area contributed by atoms with Crippen LogP contribution in [0.2, 0.25) is 0 Å². The lowest BCUT2D eigenvalue weighted by atomic mass is 10.0. The van der Waals surface area contributed by atoms with Gasteiger partial charge in [-0.2, -0.15) is 0 Å². The van der Waals surface area contributed by atoms with Crippen LogP contribution < -0.4 is 0 Å². The van der Waals surface area contributed by atoms with E-state index >= 15 is 0 Å². The second-order valence-electron chi connectivity index (χ2n) is 4.93. The fourth-order valence-corrected chi connectivity index (χ4v) is 1.84. The number of nitrogens with zero attached hydrogens (tertiary/aromatic N) is 2. The van der Waals surface area contributed by atoms with Gasteiger partial charge in [-0.25, -0.2) is 0 Å². The van der Waals surface area contributed by atoms with Gasteiger partial charge in [0, 0.05) is 25.6 Å². The number of carboxylic acid groups (broad SMARTS) is 1. The summed E-state index contributed by atoms with van der Waals surface area (Å²) in [6, 6.07) is 5.68. The van der Waals surface area contributed by atoms with E-state index < -0.39 is 5.97 Å². The van der Waals surface area contributed by atoms with Gasteiger partial charge >= 0.3 is 5.97 Å². The molecule has 0 radical (unpaired) electrons. The average molecular weight is 264 g/mol. The van der Waals surface area contributed by atoms with Gasteiger partial charge in [-0.05, 0) is 25.0 Å². The largest absolute Gasteiger partial charge is 0.481 e. The first kappa shape index (κ1) is 15.1. The first-order chi connectivity index (χ1) is 8.88. The number of aromatic nitrogens is 1. The number of aryl methyl sites for hydroxylation is 1. The van der Waals surface area contributed by atoms with Crippen LogP contribution in [0.15, 0.2) is 18.2 Å². The summed E-state index contributed by atoms with van der Waals surface area (Å²) >= 11 is 0. The number of rotatable bonds is 6. The fraction of sp³-hybridized carbons (Fsp3) is 0.500. The summed E-state index contributed by atoms with van der Waals surface area (Å²) in [6.07, 6.45) is 0.261. The summed E-state index contributed by atoms with van der Waals surface area (Å²) < 4.78 is 0. The summed E-state index contributed by atoms with van der Waals surface area (Å²) in [7, 11) is 1.71. The van der Waals surface area contributed by atoms with Crippen molar-refractivity contribution in [2.24, 2.45) is 5.92 Å². The first-order valence-electron chi connectivity index (χ1n) is 6.26. The van der Waals surface area contributed by atoms with Crippen LogP contribution in [0.1, 0.15) is 31.2 Å². The molecule has 0 bridgehead atoms. The molecule has 0 aromatic carbocycles. The normalized spacial score (nSPS) is 11.9. The summed E-state index contributed by atoms with van der Waals surface area (Å²) in [5.74, 6) is -1.08. The van der Waals surface area contributed by atoms with E-state index in [0.717, 1.165) is 11.4 Å². The van der Waals surface area contributed by atoms with Gasteiger partial charge in [0.1, 0.15) is 0 Å². The molecule has 1 aromatic rings. The summed E-state index contributed by atoms with van der Waals surface area (Å²) in [4.78, 5) is 28.4. The van der Waals surface area contributed by atoms with E-state index in [-0.39, 0.29) is 24.7 Å². The van der Waals surface area contributed by atoms with Gasteiger partial charge in [0.2, 0.25) is 5.91 Å². The predicted octanol–water partition coefficient (Wildman–Crippen LogP) is 1.85. The van der Waals surface area contributed by atoms with Gasteiger partial charge < -0.3 is 10.0 Å². The Balaban J connectivity index is 2.51. The van der Waals surface area contributed by atoms with Crippen molar-refractivity contribution in [3.8, 4) is 0 Å². The third-order valence-corrected chi connectivity index (χ3v) is 2.82. The lowest BCUT2D eigenvalue weighted by molar-refractivity contribution is -0.138. The Morgan fingerprint density at radius 1 is 1.37 bits per heavy atom. The molecule has 1 heterocycles. The van der Waals surface area contributed by atoms with Crippen LogP contribution in [0.3, 0.4) is 0 Å². The highest BCUT2D eigenvalue weighted by Gasteiger charge is 2.16. The number of amides is 1. The molecule has 19 heavy (non-hydrogen) atoms. The zero-order valence-corrected chi connectivity index (χ0v) is 11.6. The van der Waals surface area contributed by atoms with E-state index in [4.69, 9.17) is 5.11 Å². The smallest absolute Gasteiger partial charge is 0.303 e. The van der Waals surface area contributed by atoms with E-state index in [1.807, 2.05) is 25.1 Å². The van der Waals surface area contributed by atoms with E-state index in [1.165, 1.54) is 0 Å². The SMILES string of the molecule is Cc1cccc(CN(C)C(=O)CC(C)CC(=O)O)n1. The molecular weight excluding hydrogens is 244 g/mol. The minimum atomic E-state index is -0.872. The number of aliphatic carboxylic acids is 1. The number of carbonyl (C=O) groups is 2. The van der Waals surface area contributed by atoms with Crippen molar-refractivity contribution in [3.05, 3.63) is 29.6 Å². The molecule has 0 aliphatic carbocycles. The minimum absolute atomic E-state index is 0.0161. The third-order valence-electron chi connectivity index (χ3n) is 2.82. The predicted molar refractivity (Wildman–Crippen MR) is 71.5 cm³/mol. The quantitative estimate of drug-likeness (QED) is 0.851. The standard InChI is InChI=1S/C14H20N2O3/c1-10(8-14(18)19)7-13(17)16(3)9-12-6-4-5-11(2)15-12/h4-6,10H,7-9H2,1-3H3,(H,18,19). The van der Waals surface area contributed by atoms with Crippen molar-refractivity contribution in [2.45, 2.75) is 33.2 Å². The topological polar surface area (TPSA) is 70.5 Å². The Morgan fingerprint density at radius 3 is 2.63 bits per heavy atom. The minimum Gasteiger partial charge on any atom is -0.481 e. The molecule has 0 aliphatic rings. The van der Waals surface area contributed by atoms with Gasteiger partial charge in [0.25, 0.3) is 0 Å². The number of carboxylic acids is 1. The maximum absolute atomic E-state index is 11.9. The zero-order chi connectivity index (χ0) is 14.4. The molecule has 1 rings (SSSR count). The lowest BCUT2D eigenvalue weighted by Crippen LogP contribution is -2.28. The second kappa shape index (κ2) is 6.87. The molecule has 0 saturated heterocycles. The summed E-state index contributed by atoms with van der Waals surface area (Å²) in [6.45, 7) is 4.12. The zero-order valence-electron chi connectivity index (χ0n) is 11.6. The van der Waals surface area contributed by atoms with Gasteiger partial charge in [0.15, 0.2) is 0 Å². The molecule has 104 valence electrons. The van der Waals surface area contributed by atoms with Crippen molar-refractivity contribution >= 4 is 11.9 Å². The van der Waals surface area contributed by atoms with Gasteiger partial charge in [0.05, 0.1) is 12.2 Å². The van der Waals surface area contributed by atoms with Crippen LogP contribution >= 0.6 is 0 Å². The monoisotopic (exact) mass is 264 g/mol. The molecule has 5 nitrogen and oxygen atoms in total. The van der Waals surface area contributed by atoms with Crippen LogP contribution in [-0.2, 0) is 16.1 Å². The van der Waals surface area contributed by atoms with Crippen molar-refractivity contribution in [1.29, 1.82) is 0 Å². The summed E-state index contributed by atoms with van der Waals surface area (Å²) in [5, 5.41) is 8.67. The van der Waals surface area contributed by atoms with Crippen molar-refractivity contribution in [1.82, 2.24) is 9.88 Å². The van der Waals surface area contributed by atoms with E-state index in [1.54, 1.807) is 18.9 Å². The highest BCUT2D eigenvalue weighted by molar-refractivity contribution is 5.77. The Hall–Kier alpha value is -1.91. The Labute approximate surface area is 113 Å². The maximum atomic E-state index is 11.9. The maximum Gasteiger partial charge on any atom is 0.303 e. The van der Waals surface area contributed by atoms with Gasteiger partial charge in [-0.15, -0.1) is 0 Å². The molecule has 0 aliphatic heterocycles. The molecule has 0 saturated carbocycles. The van der Waals surface area contributed by atoms with Crippen LogP contribution in [0.25, 0.3) is 0 Å². The number of hydrogen-bond donors (Lipinski definition) is 1. The van der Waals surface area contributed by atoms with Crippen LogP contribution in [0.4, 0.5) is 0 Å². The Kier molecular flexibility index (Phi) is 5.48. The molecule has 1 N–H and O–H groups in total. The van der Waals surface area contributed by atoms with E-state index in [0.29, 0.717) is 6.54 Å². The molecule has 0 fully saturated rings. The molecule has 0 spiro atoms. The fourth-order valence-electron chi connectivity index (χ4n) is 1.84. The number of carbonyl (C=O) groups excluding carboxylic acids is 1. The molecule has 1 atom stereocenters. The van der Waals surface area contributed by atoms with Gasteiger partial charge in [-0.3, -0.25) is 14.6 Å². The number of hydrogen-bond acceptors (Lipinski definition) is 3. The highest BCUT2D eigenvalue weighted by atomic mass is 16.4. The number of pyridine rings is 1. The highest BCUT2D eigenvalue weighted by Crippen LogP contribution is 2.11. The van der Waals surface area contributed by atoms with Gasteiger partial charge in [-0.1, -0.05) is 13.0 Å². The molecule has 1 amide bonds. The molecular formula is C14H20N2O3. The van der Waals surface area contributed by atoms with Crippen LogP contribution in [0, 0.1) is 12.8 Å². The average Bonchev–Trinajstić information content (AvgIpc) is 2.27. The second-order valence-corrected chi connectivity index (χ2v) is 4.93. The molecule has 5 heteroatoms. The first-order valence-corrected chi connectivity index (χ1v) is 6.26. The van der Waals surface area contributed by atoms with Crippen molar-refractivity contribution < 1.29 is 14.7 Å². The summed E-state index contributed by atoms with van der Waals surface area (Å²) in [5.41, 5.74) is 1.75. The van der Waals surface area contributed by atoms with Crippen LogP contribution in [0.5, 0.6) is 0 Å². The van der Waals surface area contributed by atoms with Crippen molar-refractivity contribution in [3.63, 3.8) is 0 Å².